The van der Waals surface area contributed by atoms with Gasteiger partial charge in [-0.15, -0.1) is 0 Å². The van der Waals surface area contributed by atoms with Crippen LogP contribution in [-0.2, 0) is 19.1 Å². The molecule has 2 aromatic rings. The summed E-state index contributed by atoms with van der Waals surface area (Å²) in [6, 6.07) is 10.0. The molecule has 9 heteroatoms. The number of hydrogen-bond donors (Lipinski definition) is 0. The Kier molecular flexibility index (Phi) is 6.35. The van der Waals surface area contributed by atoms with E-state index in [1.54, 1.807) is 57.2 Å². The minimum Gasteiger partial charge on any atom is -0.465 e. The molecule has 0 N–H and O–H groups in total. The lowest BCUT2D eigenvalue weighted by Gasteiger charge is -2.21. The number of carbonyl (C=O) groups is 4. The molecular formula is C22H21NO7S. The van der Waals surface area contributed by atoms with Gasteiger partial charge in [0.05, 0.1) is 17.6 Å². The minimum atomic E-state index is -0.714. The van der Waals surface area contributed by atoms with E-state index in [9.17, 15) is 19.2 Å². The Morgan fingerprint density at radius 2 is 1.77 bits per heavy atom. The summed E-state index contributed by atoms with van der Waals surface area (Å²) in [4.78, 5) is 49.2. The smallest absolute Gasteiger partial charge is 0.337 e. The summed E-state index contributed by atoms with van der Waals surface area (Å²) >= 11 is 0.729. The molecule has 0 spiro atoms. The molecule has 3 rings (SSSR count). The molecule has 8 nitrogen and oxygen atoms in total. The molecule has 2 heterocycles. The van der Waals surface area contributed by atoms with Gasteiger partial charge in [0.1, 0.15) is 23.7 Å². The van der Waals surface area contributed by atoms with Crippen LogP contribution in [0.2, 0.25) is 0 Å². The number of rotatable bonds is 5. The summed E-state index contributed by atoms with van der Waals surface area (Å²) in [5.74, 6) is -0.785. The van der Waals surface area contributed by atoms with Gasteiger partial charge < -0.3 is 13.9 Å². The van der Waals surface area contributed by atoms with Crippen LogP contribution in [-0.4, -0.2) is 47.2 Å². The van der Waals surface area contributed by atoms with Crippen LogP contribution in [0, 0.1) is 0 Å². The highest BCUT2D eigenvalue weighted by atomic mass is 32.2. The van der Waals surface area contributed by atoms with Crippen molar-refractivity contribution < 1.29 is 33.1 Å². The summed E-state index contributed by atoms with van der Waals surface area (Å²) in [6.07, 6.45) is 1.45. The monoisotopic (exact) mass is 443 g/mol. The quantitative estimate of drug-likeness (QED) is 0.502. The van der Waals surface area contributed by atoms with Crippen molar-refractivity contribution in [3.63, 3.8) is 0 Å². The first-order valence-corrected chi connectivity index (χ1v) is 10.1. The predicted molar refractivity (Wildman–Crippen MR) is 114 cm³/mol. The van der Waals surface area contributed by atoms with Crippen LogP contribution in [0.1, 0.15) is 36.9 Å². The van der Waals surface area contributed by atoms with Crippen molar-refractivity contribution in [3.8, 4) is 11.3 Å². The Morgan fingerprint density at radius 1 is 1.10 bits per heavy atom. The lowest BCUT2D eigenvalue weighted by Crippen LogP contribution is -2.37. The summed E-state index contributed by atoms with van der Waals surface area (Å²) in [6.45, 7) is 4.66. The van der Waals surface area contributed by atoms with Crippen molar-refractivity contribution in [2.24, 2.45) is 0 Å². The molecule has 0 unspecified atom stereocenters. The summed E-state index contributed by atoms with van der Waals surface area (Å²) in [7, 11) is 1.31. The summed E-state index contributed by atoms with van der Waals surface area (Å²) < 4.78 is 15.6. The van der Waals surface area contributed by atoms with Crippen LogP contribution >= 0.6 is 11.8 Å². The number of esters is 2. The Hall–Kier alpha value is -3.33. The molecule has 1 aromatic carbocycles. The van der Waals surface area contributed by atoms with Gasteiger partial charge in [-0.2, -0.15) is 0 Å². The van der Waals surface area contributed by atoms with Gasteiger partial charge in [0.25, 0.3) is 11.1 Å². The van der Waals surface area contributed by atoms with E-state index in [1.165, 1.54) is 13.2 Å². The largest absolute Gasteiger partial charge is 0.465 e. The molecule has 0 radical (unpaired) electrons. The van der Waals surface area contributed by atoms with Crippen molar-refractivity contribution in [1.29, 1.82) is 0 Å². The Balaban J connectivity index is 1.72. The third kappa shape index (κ3) is 5.43. The van der Waals surface area contributed by atoms with Gasteiger partial charge in [-0.1, -0.05) is 12.1 Å². The number of furan rings is 1. The predicted octanol–water partition coefficient (Wildman–Crippen LogP) is 4.11. The fourth-order valence-corrected chi connectivity index (χ4v) is 3.56. The number of imide groups is 1. The van der Waals surface area contributed by atoms with Crippen LogP contribution < -0.4 is 0 Å². The number of carbonyl (C=O) groups excluding carboxylic acids is 4. The lowest BCUT2D eigenvalue weighted by molar-refractivity contribution is -0.156. The third-order valence-corrected chi connectivity index (χ3v) is 4.98. The first-order chi connectivity index (χ1) is 14.6. The molecular weight excluding hydrogens is 422 g/mol. The van der Waals surface area contributed by atoms with Gasteiger partial charge in [-0.25, -0.2) is 4.79 Å². The third-order valence-electron chi connectivity index (χ3n) is 4.07. The minimum absolute atomic E-state index is 0.149. The fraction of sp³-hybridized carbons (Fsp3) is 0.273. The van der Waals surface area contributed by atoms with Crippen molar-refractivity contribution in [2.75, 3.05) is 13.7 Å². The van der Waals surface area contributed by atoms with Gasteiger partial charge in [-0.05, 0) is 56.8 Å². The van der Waals surface area contributed by atoms with Crippen LogP contribution in [0.15, 0.2) is 45.7 Å². The van der Waals surface area contributed by atoms with E-state index in [-0.39, 0.29) is 4.91 Å². The lowest BCUT2D eigenvalue weighted by atomic mass is 10.1. The Morgan fingerprint density at radius 3 is 2.39 bits per heavy atom. The molecule has 2 amide bonds. The summed E-state index contributed by atoms with van der Waals surface area (Å²) in [5.41, 5.74) is 0.427. The topological polar surface area (TPSA) is 103 Å². The second-order valence-corrected chi connectivity index (χ2v) is 8.62. The Labute approximate surface area is 183 Å². The van der Waals surface area contributed by atoms with E-state index in [0.717, 1.165) is 22.2 Å². The molecule has 1 fully saturated rings. The second-order valence-electron chi connectivity index (χ2n) is 7.63. The van der Waals surface area contributed by atoms with Gasteiger partial charge in [0.15, 0.2) is 0 Å². The summed E-state index contributed by atoms with van der Waals surface area (Å²) in [5, 5.41) is -0.549. The first-order valence-electron chi connectivity index (χ1n) is 9.33. The standard InChI is InChI=1S/C22H21NO7S/c1-22(2,3)30-18(24)12-23-19(25)17(31-21(23)27)11-15-9-10-16(29-15)13-5-7-14(8-6-13)20(26)28-4/h5-11H,12H2,1-4H3. The maximum absolute atomic E-state index is 12.6. The van der Waals surface area contributed by atoms with Crippen molar-refractivity contribution in [1.82, 2.24) is 4.90 Å². The SMILES string of the molecule is COC(=O)c1ccc(-c2ccc(C=C3SC(=O)N(CC(=O)OC(C)(C)C)C3=O)o2)cc1. The average Bonchev–Trinajstić information content (AvgIpc) is 3.26. The molecule has 31 heavy (non-hydrogen) atoms. The van der Waals surface area contributed by atoms with Gasteiger partial charge in [0.2, 0.25) is 0 Å². The highest BCUT2D eigenvalue weighted by Gasteiger charge is 2.37. The van der Waals surface area contributed by atoms with Crippen LogP contribution in [0.25, 0.3) is 17.4 Å². The van der Waals surface area contributed by atoms with Crippen LogP contribution in [0.5, 0.6) is 0 Å². The normalized spacial score (nSPS) is 15.5. The molecule has 0 saturated carbocycles. The second kappa shape index (κ2) is 8.81. The van der Waals surface area contributed by atoms with Crippen LogP contribution in [0.3, 0.4) is 0 Å². The van der Waals surface area contributed by atoms with Crippen molar-refractivity contribution in [3.05, 3.63) is 52.6 Å². The molecule has 0 bridgehead atoms. The van der Waals surface area contributed by atoms with E-state index in [2.05, 4.69) is 4.74 Å². The fourth-order valence-electron chi connectivity index (χ4n) is 2.74. The number of nitrogens with zero attached hydrogens (tertiary/aromatic N) is 1. The molecule has 162 valence electrons. The molecule has 0 aliphatic carbocycles. The number of thioether (sulfide) groups is 1. The maximum Gasteiger partial charge on any atom is 0.337 e. The van der Waals surface area contributed by atoms with E-state index < -0.39 is 35.2 Å². The number of hydrogen-bond acceptors (Lipinski definition) is 8. The maximum atomic E-state index is 12.6. The molecule has 1 saturated heterocycles. The van der Waals surface area contributed by atoms with Crippen molar-refractivity contribution >= 4 is 40.9 Å². The highest BCUT2D eigenvalue weighted by molar-refractivity contribution is 8.18. The number of benzene rings is 1. The van der Waals surface area contributed by atoms with Gasteiger partial charge in [0, 0.05) is 11.6 Å². The highest BCUT2D eigenvalue weighted by Crippen LogP contribution is 2.33. The van der Waals surface area contributed by atoms with E-state index in [4.69, 9.17) is 9.15 Å². The molecule has 1 aliphatic rings. The van der Waals surface area contributed by atoms with E-state index >= 15 is 0 Å². The number of methoxy groups -OCH3 is 1. The zero-order valence-corrected chi connectivity index (χ0v) is 18.3. The van der Waals surface area contributed by atoms with E-state index in [1.807, 2.05) is 0 Å². The molecule has 1 aliphatic heterocycles. The number of amides is 2. The molecule has 1 aromatic heterocycles. The van der Waals surface area contributed by atoms with Crippen molar-refractivity contribution in [2.45, 2.75) is 26.4 Å². The van der Waals surface area contributed by atoms with E-state index in [0.29, 0.717) is 17.1 Å². The zero-order chi connectivity index (χ0) is 22.8. The zero-order valence-electron chi connectivity index (χ0n) is 17.5. The van der Waals surface area contributed by atoms with Gasteiger partial charge in [-0.3, -0.25) is 19.3 Å². The first kappa shape index (κ1) is 22.4. The van der Waals surface area contributed by atoms with Crippen LogP contribution in [0.4, 0.5) is 4.79 Å². The molecule has 0 atom stereocenters. The average molecular weight is 443 g/mol. The van der Waals surface area contributed by atoms with Gasteiger partial charge >= 0.3 is 11.9 Å². The Bertz CT molecular complexity index is 1060. The number of ether oxygens (including phenoxy) is 2.